The average Bonchev–Trinajstić information content (AvgIpc) is 2.32. The molecule has 0 radical (unpaired) electrons. The summed E-state index contributed by atoms with van der Waals surface area (Å²) >= 11 is 6.10. The van der Waals surface area contributed by atoms with Crippen LogP contribution in [0.3, 0.4) is 0 Å². The highest BCUT2D eigenvalue weighted by atomic mass is 35.5. The summed E-state index contributed by atoms with van der Waals surface area (Å²) < 4.78 is 5.69. The van der Waals surface area contributed by atoms with Crippen LogP contribution < -0.4 is 10.1 Å². The van der Waals surface area contributed by atoms with Gasteiger partial charge in [0.25, 0.3) is 0 Å². The van der Waals surface area contributed by atoms with E-state index in [0.717, 1.165) is 30.7 Å². The van der Waals surface area contributed by atoms with Gasteiger partial charge in [0, 0.05) is 18.5 Å². The van der Waals surface area contributed by atoms with Gasteiger partial charge < -0.3 is 10.1 Å². The second kappa shape index (κ2) is 7.94. The SMILES string of the molecule is CNCc1cccc(Cl)c1OCCCCC#N. The number of para-hydroxylation sites is 1. The molecule has 4 heteroatoms. The first-order valence-corrected chi connectivity index (χ1v) is 6.09. The van der Waals surface area contributed by atoms with Crippen LogP contribution in [0.25, 0.3) is 0 Å². The summed E-state index contributed by atoms with van der Waals surface area (Å²) in [4.78, 5) is 0. The number of hydrogen-bond donors (Lipinski definition) is 1. The Hall–Kier alpha value is -1.24. The van der Waals surface area contributed by atoms with Gasteiger partial charge in [0.05, 0.1) is 17.7 Å². The van der Waals surface area contributed by atoms with Crippen molar-refractivity contribution in [2.24, 2.45) is 0 Å². The number of hydrogen-bond acceptors (Lipinski definition) is 3. The number of nitrogens with one attached hydrogen (secondary N) is 1. The molecular weight excluding hydrogens is 236 g/mol. The second-order valence-corrected chi connectivity index (χ2v) is 4.13. The van der Waals surface area contributed by atoms with Crippen molar-refractivity contribution in [1.82, 2.24) is 5.32 Å². The van der Waals surface area contributed by atoms with Gasteiger partial charge in [-0.2, -0.15) is 5.26 Å². The molecule has 0 heterocycles. The van der Waals surface area contributed by atoms with E-state index in [1.165, 1.54) is 0 Å². The van der Waals surface area contributed by atoms with Gasteiger partial charge in [-0.1, -0.05) is 23.7 Å². The lowest BCUT2D eigenvalue weighted by Crippen LogP contribution is -2.08. The Labute approximate surface area is 107 Å². The minimum atomic E-state index is 0.579. The number of rotatable bonds is 7. The van der Waals surface area contributed by atoms with Crippen molar-refractivity contribution in [2.75, 3.05) is 13.7 Å². The summed E-state index contributed by atoms with van der Waals surface area (Å²) in [7, 11) is 1.89. The van der Waals surface area contributed by atoms with Gasteiger partial charge in [0.1, 0.15) is 5.75 Å². The lowest BCUT2D eigenvalue weighted by Gasteiger charge is -2.12. The van der Waals surface area contributed by atoms with E-state index in [-0.39, 0.29) is 0 Å². The number of nitrogens with zero attached hydrogens (tertiary/aromatic N) is 1. The standard InChI is InChI=1S/C13H17ClN2O/c1-16-10-11-6-5-7-12(14)13(11)17-9-4-2-3-8-15/h5-7,16H,2-4,9-10H2,1H3. The van der Waals surface area contributed by atoms with Crippen LogP contribution in [0, 0.1) is 11.3 Å². The number of benzene rings is 1. The summed E-state index contributed by atoms with van der Waals surface area (Å²) in [5, 5.41) is 12.1. The lowest BCUT2D eigenvalue weighted by atomic mass is 10.2. The number of nitriles is 1. The molecule has 0 saturated carbocycles. The van der Waals surface area contributed by atoms with E-state index >= 15 is 0 Å². The molecule has 1 rings (SSSR count). The number of ether oxygens (including phenoxy) is 1. The van der Waals surface area contributed by atoms with E-state index in [4.69, 9.17) is 21.6 Å². The topological polar surface area (TPSA) is 45.0 Å². The van der Waals surface area contributed by atoms with Crippen molar-refractivity contribution in [3.63, 3.8) is 0 Å². The molecule has 0 aromatic heterocycles. The Bertz CT molecular complexity index is 387. The van der Waals surface area contributed by atoms with Crippen LogP contribution >= 0.6 is 11.6 Å². The van der Waals surface area contributed by atoms with E-state index in [9.17, 15) is 0 Å². The molecule has 1 N–H and O–H groups in total. The van der Waals surface area contributed by atoms with Crippen molar-refractivity contribution in [3.05, 3.63) is 28.8 Å². The molecule has 0 aliphatic carbocycles. The van der Waals surface area contributed by atoms with Gasteiger partial charge in [-0.25, -0.2) is 0 Å². The van der Waals surface area contributed by atoms with Crippen LogP contribution in [0.5, 0.6) is 5.75 Å². The highest BCUT2D eigenvalue weighted by Crippen LogP contribution is 2.28. The quantitative estimate of drug-likeness (QED) is 0.759. The number of halogens is 1. The van der Waals surface area contributed by atoms with Crippen molar-refractivity contribution in [2.45, 2.75) is 25.8 Å². The molecule has 1 aromatic rings. The second-order valence-electron chi connectivity index (χ2n) is 3.72. The van der Waals surface area contributed by atoms with Gasteiger partial charge in [0.2, 0.25) is 0 Å². The molecule has 17 heavy (non-hydrogen) atoms. The molecule has 92 valence electrons. The summed E-state index contributed by atoms with van der Waals surface area (Å²) in [6.45, 7) is 1.33. The van der Waals surface area contributed by atoms with Crippen LogP contribution in [0.2, 0.25) is 5.02 Å². The summed E-state index contributed by atoms with van der Waals surface area (Å²) in [5.74, 6) is 0.750. The fourth-order valence-corrected chi connectivity index (χ4v) is 1.77. The molecular formula is C13H17ClN2O. The summed E-state index contributed by atoms with van der Waals surface area (Å²) in [6.07, 6.45) is 2.31. The zero-order chi connectivity index (χ0) is 12.5. The predicted molar refractivity (Wildman–Crippen MR) is 69.2 cm³/mol. The third-order valence-corrected chi connectivity index (χ3v) is 2.64. The van der Waals surface area contributed by atoms with Crippen molar-refractivity contribution in [3.8, 4) is 11.8 Å². The molecule has 0 spiro atoms. The molecule has 0 saturated heterocycles. The normalized spacial score (nSPS) is 9.94. The molecule has 1 aromatic carbocycles. The molecule has 0 fully saturated rings. The first-order chi connectivity index (χ1) is 8.29. The summed E-state index contributed by atoms with van der Waals surface area (Å²) in [6, 6.07) is 7.85. The van der Waals surface area contributed by atoms with Crippen LogP contribution in [0.15, 0.2) is 18.2 Å². The Morgan fingerprint density at radius 1 is 1.41 bits per heavy atom. The van der Waals surface area contributed by atoms with E-state index < -0.39 is 0 Å². The first-order valence-electron chi connectivity index (χ1n) is 5.71. The minimum absolute atomic E-state index is 0.579. The third kappa shape index (κ3) is 4.64. The maximum Gasteiger partial charge on any atom is 0.142 e. The Balaban J connectivity index is 2.53. The zero-order valence-corrected chi connectivity index (χ0v) is 10.8. The van der Waals surface area contributed by atoms with E-state index in [2.05, 4.69) is 11.4 Å². The highest BCUT2D eigenvalue weighted by molar-refractivity contribution is 6.32. The average molecular weight is 253 g/mol. The van der Waals surface area contributed by atoms with Crippen molar-refractivity contribution in [1.29, 1.82) is 5.26 Å². The highest BCUT2D eigenvalue weighted by Gasteiger charge is 2.07. The maximum absolute atomic E-state index is 8.42. The fourth-order valence-electron chi connectivity index (χ4n) is 1.53. The Kier molecular flexibility index (Phi) is 6.46. The Morgan fingerprint density at radius 3 is 2.94 bits per heavy atom. The minimum Gasteiger partial charge on any atom is -0.492 e. The fraction of sp³-hybridized carbons (Fsp3) is 0.462. The predicted octanol–water partition coefficient (Wildman–Crippen LogP) is 3.13. The molecule has 0 amide bonds. The van der Waals surface area contributed by atoms with E-state index in [1.54, 1.807) is 0 Å². The van der Waals surface area contributed by atoms with Gasteiger partial charge in [-0.15, -0.1) is 0 Å². The molecule has 0 aliphatic heterocycles. The first kappa shape index (κ1) is 13.8. The zero-order valence-electron chi connectivity index (χ0n) is 10.0. The lowest BCUT2D eigenvalue weighted by molar-refractivity contribution is 0.304. The maximum atomic E-state index is 8.42. The van der Waals surface area contributed by atoms with Crippen molar-refractivity contribution >= 4 is 11.6 Å². The van der Waals surface area contributed by atoms with Gasteiger partial charge in [-0.3, -0.25) is 0 Å². The van der Waals surface area contributed by atoms with Gasteiger partial charge in [0.15, 0.2) is 0 Å². The molecule has 0 aliphatic rings. The molecule has 0 unspecified atom stereocenters. The van der Waals surface area contributed by atoms with Crippen molar-refractivity contribution < 1.29 is 4.74 Å². The van der Waals surface area contributed by atoms with Crippen LogP contribution in [-0.4, -0.2) is 13.7 Å². The Morgan fingerprint density at radius 2 is 2.24 bits per heavy atom. The van der Waals surface area contributed by atoms with Crippen LogP contribution in [0.1, 0.15) is 24.8 Å². The van der Waals surface area contributed by atoms with Gasteiger partial charge in [-0.05, 0) is 26.0 Å². The smallest absolute Gasteiger partial charge is 0.142 e. The monoisotopic (exact) mass is 252 g/mol. The van der Waals surface area contributed by atoms with E-state index in [1.807, 2.05) is 25.2 Å². The molecule has 3 nitrogen and oxygen atoms in total. The largest absolute Gasteiger partial charge is 0.492 e. The van der Waals surface area contributed by atoms with Crippen LogP contribution in [-0.2, 0) is 6.54 Å². The number of unbranched alkanes of at least 4 members (excludes halogenated alkanes) is 2. The molecule has 0 bridgehead atoms. The van der Waals surface area contributed by atoms with Gasteiger partial charge >= 0.3 is 0 Å². The summed E-state index contributed by atoms with van der Waals surface area (Å²) in [5.41, 5.74) is 1.06. The third-order valence-electron chi connectivity index (χ3n) is 2.35. The van der Waals surface area contributed by atoms with E-state index in [0.29, 0.717) is 18.1 Å². The molecule has 0 atom stereocenters. The van der Waals surface area contributed by atoms with Crippen LogP contribution in [0.4, 0.5) is 0 Å².